The molecule has 0 fully saturated rings. The van der Waals surface area contributed by atoms with E-state index in [2.05, 4.69) is 5.73 Å². The number of para-hydroxylation sites is 4. The highest BCUT2D eigenvalue weighted by molar-refractivity contribution is 5.20. The zero-order valence-corrected chi connectivity index (χ0v) is 22.9. The molecular weight excluding hydrogens is 450 g/mol. The van der Waals surface area contributed by atoms with Crippen molar-refractivity contribution in [2.75, 3.05) is 7.05 Å². The minimum Gasteiger partial charge on any atom is -0.508 e. The molecule has 200 valence electrons. The van der Waals surface area contributed by atoms with Crippen LogP contribution in [0.2, 0.25) is 0 Å². The van der Waals surface area contributed by atoms with E-state index in [1.54, 1.807) is 97.1 Å². The molecule has 0 heterocycles. The second-order valence-corrected chi connectivity index (χ2v) is 5.34. The molecule has 0 aliphatic carbocycles. The summed E-state index contributed by atoms with van der Waals surface area (Å²) < 4.78 is 0. The quantitative estimate of drug-likeness (QED) is 0.168. The molecule has 0 bridgehead atoms. The third-order valence-corrected chi connectivity index (χ3v) is 3.02. The number of aromatic hydroxyl groups is 4. The Morgan fingerprint density at radius 3 is 0.472 bits per heavy atom. The normalized spacial score (nSPS) is 7.33. The van der Waals surface area contributed by atoms with Gasteiger partial charge in [-0.25, -0.2) is 0 Å². The van der Waals surface area contributed by atoms with Crippen LogP contribution in [-0.2, 0) is 0 Å². The lowest BCUT2D eigenvalue weighted by atomic mass is 10.3. The summed E-state index contributed by atoms with van der Waals surface area (Å²) in [5.74, 6) is 1.29. The van der Waals surface area contributed by atoms with Gasteiger partial charge in [-0.1, -0.05) is 114 Å². The fraction of sp³-hybridized carbons (Fsp3) is 0.226. The molecule has 0 amide bonds. The predicted octanol–water partition coefficient (Wildman–Crippen LogP) is 8.22. The van der Waals surface area contributed by atoms with Crippen LogP contribution >= 0.6 is 0 Å². The van der Waals surface area contributed by atoms with Crippen molar-refractivity contribution < 1.29 is 20.4 Å². The smallest absolute Gasteiger partial charge is 0.115 e. The van der Waals surface area contributed by atoms with Crippen molar-refractivity contribution in [3.05, 3.63) is 121 Å². The Balaban J connectivity index is -0.000000173. The van der Waals surface area contributed by atoms with Gasteiger partial charge in [-0.2, -0.15) is 0 Å². The van der Waals surface area contributed by atoms with Crippen molar-refractivity contribution in [1.29, 1.82) is 0 Å². The van der Waals surface area contributed by atoms with Gasteiger partial charge in [0.2, 0.25) is 0 Å². The zero-order valence-electron chi connectivity index (χ0n) is 22.9. The van der Waals surface area contributed by atoms with Gasteiger partial charge in [0.15, 0.2) is 0 Å². The average molecular weight is 498 g/mol. The Hall–Kier alpha value is -3.96. The predicted molar refractivity (Wildman–Crippen MR) is 157 cm³/mol. The van der Waals surface area contributed by atoms with Crippen molar-refractivity contribution in [3.8, 4) is 23.0 Å². The van der Waals surface area contributed by atoms with Crippen LogP contribution < -0.4 is 5.73 Å². The first kappa shape index (κ1) is 39.3. The number of phenolic OH excluding ortho intramolecular Hbond substituents is 4. The van der Waals surface area contributed by atoms with Crippen LogP contribution in [0.5, 0.6) is 23.0 Å². The van der Waals surface area contributed by atoms with Crippen LogP contribution in [0.4, 0.5) is 0 Å². The second-order valence-electron chi connectivity index (χ2n) is 5.34. The van der Waals surface area contributed by atoms with E-state index in [-0.39, 0.29) is 0 Å². The van der Waals surface area contributed by atoms with E-state index >= 15 is 0 Å². The lowest BCUT2D eigenvalue weighted by Gasteiger charge is -1.82. The molecule has 5 nitrogen and oxygen atoms in total. The van der Waals surface area contributed by atoms with E-state index in [0.717, 1.165) is 0 Å². The molecule has 4 aromatic carbocycles. The Morgan fingerprint density at radius 2 is 0.417 bits per heavy atom. The van der Waals surface area contributed by atoms with Crippen molar-refractivity contribution >= 4 is 0 Å². The van der Waals surface area contributed by atoms with Crippen LogP contribution in [0.25, 0.3) is 0 Å². The maximum atomic E-state index is 8.63. The van der Waals surface area contributed by atoms with Crippen LogP contribution in [0.3, 0.4) is 0 Å². The van der Waals surface area contributed by atoms with Crippen LogP contribution in [0, 0.1) is 0 Å². The highest BCUT2D eigenvalue weighted by Crippen LogP contribution is 2.04. The molecule has 4 aromatic rings. The largest absolute Gasteiger partial charge is 0.508 e. The highest BCUT2D eigenvalue weighted by atomic mass is 16.3. The molecule has 0 spiro atoms. The van der Waals surface area contributed by atoms with Crippen LogP contribution in [0.1, 0.15) is 41.5 Å². The third kappa shape index (κ3) is 32.2. The first-order valence-corrected chi connectivity index (χ1v) is 12.1. The molecule has 0 saturated heterocycles. The Bertz CT molecular complexity index is 694. The van der Waals surface area contributed by atoms with E-state index < -0.39 is 0 Å². The van der Waals surface area contributed by atoms with Gasteiger partial charge in [-0.3, -0.25) is 0 Å². The number of phenols is 4. The minimum atomic E-state index is 0.322. The van der Waals surface area contributed by atoms with Gasteiger partial charge in [0, 0.05) is 0 Å². The standard InChI is InChI=1S/4C6H6O.3C2H6.CH5N/c4*7-6-4-2-1-3-5-6;4*1-2/h4*1-5,7H;3*1-2H3;2H2,1H3. The summed E-state index contributed by atoms with van der Waals surface area (Å²) >= 11 is 0. The molecule has 6 N–H and O–H groups in total. The first-order chi connectivity index (χ1) is 17.6. The summed E-state index contributed by atoms with van der Waals surface area (Å²) in [5, 5.41) is 34.5. The molecule has 36 heavy (non-hydrogen) atoms. The zero-order chi connectivity index (χ0) is 28.5. The summed E-state index contributed by atoms with van der Waals surface area (Å²) in [6, 6.07) is 34.9. The van der Waals surface area contributed by atoms with Gasteiger partial charge in [0.25, 0.3) is 0 Å². The summed E-state index contributed by atoms with van der Waals surface area (Å²) in [6.45, 7) is 12.0. The Labute approximate surface area is 219 Å². The summed E-state index contributed by atoms with van der Waals surface area (Å²) in [7, 11) is 1.50. The average Bonchev–Trinajstić information content (AvgIpc) is 2.96. The third-order valence-electron chi connectivity index (χ3n) is 3.02. The number of rotatable bonds is 0. The van der Waals surface area contributed by atoms with Gasteiger partial charge in [0.1, 0.15) is 23.0 Å². The lowest BCUT2D eigenvalue weighted by molar-refractivity contribution is 0.475. The highest BCUT2D eigenvalue weighted by Gasteiger charge is 1.76. The fourth-order valence-electron chi connectivity index (χ4n) is 1.71. The monoisotopic (exact) mass is 497 g/mol. The number of hydrogen-bond donors (Lipinski definition) is 5. The molecule has 0 aromatic heterocycles. The molecule has 0 unspecified atom stereocenters. The van der Waals surface area contributed by atoms with Crippen molar-refractivity contribution in [2.24, 2.45) is 5.73 Å². The molecular formula is C31H47NO4. The van der Waals surface area contributed by atoms with Gasteiger partial charge >= 0.3 is 0 Å². The van der Waals surface area contributed by atoms with E-state index in [0.29, 0.717) is 23.0 Å². The van der Waals surface area contributed by atoms with Gasteiger partial charge in [-0.05, 0) is 55.6 Å². The van der Waals surface area contributed by atoms with E-state index in [9.17, 15) is 0 Å². The topological polar surface area (TPSA) is 107 Å². The number of hydrogen-bond acceptors (Lipinski definition) is 5. The number of nitrogens with two attached hydrogens (primary N) is 1. The van der Waals surface area contributed by atoms with E-state index in [1.165, 1.54) is 7.05 Å². The maximum Gasteiger partial charge on any atom is 0.115 e. The van der Waals surface area contributed by atoms with E-state index in [4.69, 9.17) is 20.4 Å². The minimum absolute atomic E-state index is 0.322. The van der Waals surface area contributed by atoms with Crippen molar-refractivity contribution in [2.45, 2.75) is 41.5 Å². The van der Waals surface area contributed by atoms with Crippen LogP contribution in [0.15, 0.2) is 121 Å². The van der Waals surface area contributed by atoms with Crippen molar-refractivity contribution in [1.82, 2.24) is 0 Å². The molecule has 0 atom stereocenters. The Morgan fingerprint density at radius 1 is 0.306 bits per heavy atom. The van der Waals surface area contributed by atoms with Gasteiger partial charge in [-0.15, -0.1) is 0 Å². The van der Waals surface area contributed by atoms with Crippen LogP contribution in [-0.4, -0.2) is 27.5 Å². The Kier molecular flexibility index (Phi) is 38.9. The summed E-state index contributed by atoms with van der Waals surface area (Å²) in [4.78, 5) is 0. The lowest BCUT2D eigenvalue weighted by Crippen LogP contribution is -1.69. The summed E-state index contributed by atoms with van der Waals surface area (Å²) in [5.41, 5.74) is 4.50. The second kappa shape index (κ2) is 35.6. The van der Waals surface area contributed by atoms with Gasteiger partial charge in [0.05, 0.1) is 0 Å². The van der Waals surface area contributed by atoms with Gasteiger partial charge < -0.3 is 26.2 Å². The SMILES string of the molecule is CC.CC.CC.CN.Oc1ccccc1.Oc1ccccc1.Oc1ccccc1.Oc1ccccc1. The molecule has 5 heteroatoms. The first-order valence-electron chi connectivity index (χ1n) is 12.1. The number of benzene rings is 4. The maximum absolute atomic E-state index is 8.63. The van der Waals surface area contributed by atoms with E-state index in [1.807, 2.05) is 65.8 Å². The molecule has 0 radical (unpaired) electrons. The summed E-state index contributed by atoms with van der Waals surface area (Å²) in [6.07, 6.45) is 0. The molecule has 0 saturated carbocycles. The van der Waals surface area contributed by atoms with Crippen molar-refractivity contribution in [3.63, 3.8) is 0 Å². The molecule has 4 rings (SSSR count). The molecule has 0 aliphatic heterocycles. The molecule has 0 aliphatic rings. The fourth-order valence-corrected chi connectivity index (χ4v) is 1.71.